The Kier molecular flexibility index (Phi) is 12.9. The Labute approximate surface area is 298 Å². The topological polar surface area (TPSA) is 382 Å². The van der Waals surface area contributed by atoms with Crippen LogP contribution in [0.2, 0.25) is 0 Å². The number of aromatic nitrogens is 5. The molecule has 5 rings (SSSR count). The highest BCUT2D eigenvalue weighted by molar-refractivity contribution is 7.60. The number of imidazole rings is 1. The second-order valence-electron chi connectivity index (χ2n) is 11.7. The highest BCUT2D eigenvalue weighted by atomic mass is 31.3. The molecule has 5 heterocycles. The number of pyridine rings is 1. The van der Waals surface area contributed by atoms with E-state index in [2.05, 4.69) is 34.4 Å². The quantitative estimate of drug-likeness (QED) is 0.0450. The van der Waals surface area contributed by atoms with Crippen LogP contribution in [0.3, 0.4) is 0 Å². The average molecular weight is 794 g/mol. The molecule has 11 atom stereocenters. The van der Waals surface area contributed by atoms with Crippen LogP contribution in [-0.4, -0.2) is 137 Å². The van der Waals surface area contributed by atoms with E-state index in [0.29, 0.717) is 0 Å². The summed E-state index contributed by atoms with van der Waals surface area (Å²) >= 11 is 0. The van der Waals surface area contributed by atoms with Gasteiger partial charge in [-0.3, -0.25) is 23.2 Å². The van der Waals surface area contributed by atoms with Crippen LogP contribution in [-0.2, 0) is 36.8 Å². The summed E-state index contributed by atoms with van der Waals surface area (Å²) in [4.78, 5) is 58.4. The van der Waals surface area contributed by atoms with Crippen molar-refractivity contribution >= 4 is 44.4 Å². The van der Waals surface area contributed by atoms with Crippen molar-refractivity contribution in [1.82, 2.24) is 24.8 Å². The molecule has 292 valence electrons. The van der Waals surface area contributed by atoms with Gasteiger partial charge in [-0.1, -0.05) is 0 Å². The minimum absolute atomic E-state index is 0.0445. The summed E-state index contributed by atoms with van der Waals surface area (Å²) in [5.41, 5.74) is 10.8. The number of primary amides is 1. The van der Waals surface area contributed by atoms with Gasteiger partial charge >= 0.3 is 7.82 Å². The number of nitrogens with two attached hydrogens (primary N) is 2. The summed E-state index contributed by atoms with van der Waals surface area (Å²) in [7, 11) is -11.2. The molecule has 2 aliphatic heterocycles. The van der Waals surface area contributed by atoms with Crippen molar-refractivity contribution in [2.75, 3.05) is 38.2 Å². The number of amides is 2. The molecule has 2 saturated heterocycles. The first-order valence-electron chi connectivity index (χ1n) is 15.5. The van der Waals surface area contributed by atoms with Crippen LogP contribution in [0.5, 0.6) is 0 Å². The third-order valence-corrected chi connectivity index (χ3v) is 10.5. The Balaban J connectivity index is 1.14. The molecule has 0 aliphatic carbocycles. The van der Waals surface area contributed by atoms with Crippen LogP contribution in [0.25, 0.3) is 11.2 Å². The lowest BCUT2D eigenvalue weighted by Gasteiger charge is -2.26. The minimum atomic E-state index is -5.68. The van der Waals surface area contributed by atoms with Gasteiger partial charge in [-0.15, -0.1) is 0 Å². The molecule has 0 spiro atoms. The molecule has 3 unspecified atom stereocenters. The lowest BCUT2D eigenvalue weighted by atomic mass is 10.1. The van der Waals surface area contributed by atoms with E-state index >= 15 is 0 Å². The van der Waals surface area contributed by atoms with Crippen LogP contribution in [0.15, 0.2) is 37.2 Å². The van der Waals surface area contributed by atoms with E-state index in [0.717, 1.165) is 6.33 Å². The van der Waals surface area contributed by atoms with E-state index in [9.17, 15) is 54.0 Å². The molecule has 0 aromatic carbocycles. The average Bonchev–Trinajstić information content (AvgIpc) is 3.76. The number of aliphatic hydroxyl groups excluding tert-OH is 5. The zero-order chi connectivity index (χ0) is 38.7. The number of nitrogens with one attached hydrogen (secondary N) is 2. The number of nitrogens with zero attached hydrogens (tertiary/aromatic N) is 5. The Hall–Kier alpha value is -3.62. The molecule has 12 N–H and O–H groups in total. The number of aliphatic hydroxyl groups is 5. The van der Waals surface area contributed by atoms with Crippen molar-refractivity contribution in [1.29, 1.82) is 0 Å². The molecule has 2 fully saturated rings. The monoisotopic (exact) mass is 793 g/mol. The molecule has 2 aliphatic rings. The fourth-order valence-corrected chi connectivity index (χ4v) is 7.27. The highest BCUT2D eigenvalue weighted by Crippen LogP contribution is 2.58. The zero-order valence-electron chi connectivity index (χ0n) is 27.2. The fourth-order valence-electron chi connectivity index (χ4n) is 5.22. The molecule has 25 nitrogen and oxygen atoms in total. The predicted molar refractivity (Wildman–Crippen MR) is 169 cm³/mol. The Bertz CT molecular complexity index is 1870. The summed E-state index contributed by atoms with van der Waals surface area (Å²) in [5.74, 6) is -1.17. The van der Waals surface area contributed by atoms with E-state index < -0.39 is 95.9 Å². The van der Waals surface area contributed by atoms with Crippen molar-refractivity contribution < 1.29 is 81.4 Å². The summed E-state index contributed by atoms with van der Waals surface area (Å²) in [6.45, 7) is -2.35. The number of hydrogen-bond acceptors (Lipinski definition) is 20. The molecule has 53 heavy (non-hydrogen) atoms. The van der Waals surface area contributed by atoms with Crippen LogP contribution in [0, 0.1) is 0 Å². The standard InChI is InChI=1S/C26H37N9O16P2/c27-4-13(36)5-29-16(37)6-30-23-17-24(32-10-31-23)35(11-33-17)26-21(41)19(39)15(50-26)9-48-53(45,46)51-52(43,44)47-8-14-18(38)20(40)25(49-14)34-3-1-2-12(7-34)22(28)42/h1-3,7,10-11,13-15,18-21,25-26,36,38-41H,4-6,8-9,27H2,(H5-,28,29,30,31,32,37,42,43,44,45,46)/t13?,14-,15-,18-,19-,20-,21-,25-,26-/m1/s1. The van der Waals surface area contributed by atoms with Gasteiger partial charge < -0.3 is 71.4 Å². The first kappa shape index (κ1) is 40.6. The highest BCUT2D eigenvalue weighted by Gasteiger charge is 2.49. The summed E-state index contributed by atoms with van der Waals surface area (Å²) in [6, 6.07) is 2.80. The number of carbonyl (C=O) groups is 2. The van der Waals surface area contributed by atoms with Crippen molar-refractivity contribution in [3.8, 4) is 0 Å². The lowest BCUT2D eigenvalue weighted by molar-refractivity contribution is -0.765. The van der Waals surface area contributed by atoms with Crippen molar-refractivity contribution in [3.05, 3.63) is 42.7 Å². The smallest absolute Gasteiger partial charge is 0.478 e. The van der Waals surface area contributed by atoms with Gasteiger partial charge in [0, 0.05) is 19.2 Å². The van der Waals surface area contributed by atoms with Gasteiger partial charge in [-0.2, -0.15) is 4.57 Å². The second kappa shape index (κ2) is 16.8. The maximum atomic E-state index is 12.5. The van der Waals surface area contributed by atoms with E-state index in [1.807, 2.05) is 0 Å². The maximum absolute atomic E-state index is 12.5. The first-order chi connectivity index (χ1) is 25.0. The molecular formula is C26H37N9O16P2. The molecule has 3 aromatic heterocycles. The third kappa shape index (κ3) is 9.74. The van der Waals surface area contributed by atoms with E-state index in [-0.39, 0.29) is 42.2 Å². The molecule has 0 bridgehead atoms. The summed E-state index contributed by atoms with van der Waals surface area (Å²) in [5, 5.41) is 56.8. The van der Waals surface area contributed by atoms with Gasteiger partial charge in [0.1, 0.15) is 42.4 Å². The van der Waals surface area contributed by atoms with Crippen molar-refractivity contribution in [3.63, 3.8) is 0 Å². The van der Waals surface area contributed by atoms with Crippen LogP contribution >= 0.6 is 15.6 Å². The number of phosphoric acid groups is 2. The molecule has 2 amide bonds. The van der Waals surface area contributed by atoms with Gasteiger partial charge in [0.2, 0.25) is 5.91 Å². The number of rotatable bonds is 17. The van der Waals surface area contributed by atoms with Gasteiger partial charge in [-0.05, 0) is 6.07 Å². The lowest BCUT2D eigenvalue weighted by Crippen LogP contribution is -2.46. The van der Waals surface area contributed by atoms with Crippen molar-refractivity contribution in [2.45, 2.75) is 55.2 Å². The number of phosphoric ester groups is 2. The van der Waals surface area contributed by atoms with Gasteiger partial charge in [-0.25, -0.2) is 23.8 Å². The molecule has 3 aromatic rings. The molecular weight excluding hydrogens is 756 g/mol. The third-order valence-electron chi connectivity index (χ3n) is 7.93. The van der Waals surface area contributed by atoms with E-state index in [1.165, 1.54) is 40.0 Å². The Morgan fingerprint density at radius 2 is 1.75 bits per heavy atom. The fraction of sp³-hybridized carbons (Fsp3) is 0.538. The summed E-state index contributed by atoms with van der Waals surface area (Å²) in [6.07, 6.45) is -8.51. The maximum Gasteiger partial charge on any atom is 0.478 e. The van der Waals surface area contributed by atoms with Crippen LogP contribution in [0.1, 0.15) is 22.8 Å². The minimum Gasteiger partial charge on any atom is -0.756 e. The van der Waals surface area contributed by atoms with Crippen LogP contribution < -0.4 is 31.6 Å². The Morgan fingerprint density at radius 3 is 2.47 bits per heavy atom. The summed E-state index contributed by atoms with van der Waals surface area (Å²) < 4.78 is 52.0. The zero-order valence-corrected chi connectivity index (χ0v) is 29.0. The largest absolute Gasteiger partial charge is 0.756 e. The predicted octanol–water partition coefficient (Wildman–Crippen LogP) is -5.38. The number of ether oxygens (including phenoxy) is 2. The number of fused-ring (bicyclic) bond motifs is 1. The first-order valence-corrected chi connectivity index (χ1v) is 18.5. The number of hydrogen-bond donors (Lipinski definition) is 10. The van der Waals surface area contributed by atoms with Gasteiger partial charge in [0.25, 0.3) is 20.0 Å². The van der Waals surface area contributed by atoms with E-state index in [4.69, 9.17) is 25.5 Å². The number of carbonyl (C=O) groups excluding carboxylic acids is 2. The van der Waals surface area contributed by atoms with Crippen molar-refractivity contribution in [2.24, 2.45) is 11.5 Å². The van der Waals surface area contributed by atoms with E-state index in [1.54, 1.807) is 0 Å². The van der Waals surface area contributed by atoms with Gasteiger partial charge in [0.15, 0.2) is 41.7 Å². The SMILES string of the molecule is NCC(O)CNC(=O)CNc1ncnc2c1ncn2[C@@H]1O[C@H](COP(=O)(O)OP(=O)([O-])OC[C@H]2O[C@@H]([n+]3cccc(C(N)=O)c3)[C@H](O)[C@@H]2O)[C@@H](O)[C@H]1O. The second-order valence-corrected chi connectivity index (χ2v) is 14.7. The molecule has 0 radical (unpaired) electrons. The molecule has 27 heteroatoms. The molecule has 0 saturated carbocycles. The van der Waals surface area contributed by atoms with Gasteiger partial charge in [0.05, 0.1) is 32.2 Å². The number of anilines is 1. The van der Waals surface area contributed by atoms with Crippen LogP contribution in [0.4, 0.5) is 5.82 Å². The Morgan fingerprint density at radius 1 is 1.06 bits per heavy atom. The normalized spacial score (nSPS) is 28.7.